The second-order valence-electron chi connectivity index (χ2n) is 8.36. The lowest BCUT2D eigenvalue weighted by Gasteiger charge is -2.28. The van der Waals surface area contributed by atoms with Crippen molar-refractivity contribution in [1.29, 1.82) is 0 Å². The molecule has 1 saturated heterocycles. The van der Waals surface area contributed by atoms with Crippen molar-refractivity contribution in [3.63, 3.8) is 0 Å². The molecule has 3 heterocycles. The predicted octanol–water partition coefficient (Wildman–Crippen LogP) is 2.75. The van der Waals surface area contributed by atoms with Gasteiger partial charge in [-0.15, -0.1) is 11.3 Å². The minimum absolute atomic E-state index is 0.664. The summed E-state index contributed by atoms with van der Waals surface area (Å²) in [6.45, 7) is 9.49. The summed E-state index contributed by atoms with van der Waals surface area (Å²) in [5.74, 6) is 2.71. The van der Waals surface area contributed by atoms with E-state index in [0.717, 1.165) is 81.2 Å². The maximum Gasteiger partial charge on any atom is 0.146 e. The summed E-state index contributed by atoms with van der Waals surface area (Å²) in [5.41, 5.74) is 1.47. The number of aromatic nitrogens is 2. The molecule has 2 aromatic heterocycles. The Balaban J connectivity index is 1.74. The Bertz CT molecular complexity index is 829. The highest BCUT2D eigenvalue weighted by atomic mass is 32.1. The standard InChI is InChI=1S/C22H34N4O3S/c1-16-4-5-17-18(14-16)30-22-20(17)21(26(8-10-27-2)9-11-28-3)23-19(24-22)15-25-6-12-29-13-7-25/h16H,4-15H2,1-3H3/t16-/m1/s1. The second kappa shape index (κ2) is 10.3. The van der Waals surface area contributed by atoms with Gasteiger partial charge in [0.05, 0.1) is 38.4 Å². The summed E-state index contributed by atoms with van der Waals surface area (Å²) in [6.07, 6.45) is 3.52. The molecule has 30 heavy (non-hydrogen) atoms. The van der Waals surface area contributed by atoms with Crippen molar-refractivity contribution in [3.8, 4) is 0 Å². The molecule has 166 valence electrons. The molecule has 1 aliphatic heterocycles. The van der Waals surface area contributed by atoms with Crippen LogP contribution in [0.5, 0.6) is 0 Å². The van der Waals surface area contributed by atoms with E-state index in [-0.39, 0.29) is 0 Å². The molecule has 1 atom stereocenters. The molecule has 0 saturated carbocycles. The van der Waals surface area contributed by atoms with Crippen molar-refractivity contribution in [2.24, 2.45) is 5.92 Å². The SMILES string of the molecule is COCCN(CCOC)c1nc(CN2CCOCC2)nc2sc3c(c12)CC[C@@H](C)C3. The number of fused-ring (bicyclic) bond motifs is 3. The van der Waals surface area contributed by atoms with Crippen LogP contribution in [-0.4, -0.2) is 81.7 Å². The number of aryl methyl sites for hydroxylation is 1. The second-order valence-corrected chi connectivity index (χ2v) is 9.44. The Hall–Kier alpha value is -1.32. The number of anilines is 1. The normalized spacial score (nSPS) is 19.9. The first kappa shape index (κ1) is 21.9. The van der Waals surface area contributed by atoms with Gasteiger partial charge in [0.25, 0.3) is 0 Å². The first-order valence-electron chi connectivity index (χ1n) is 11.0. The van der Waals surface area contributed by atoms with E-state index in [1.54, 1.807) is 14.2 Å². The fourth-order valence-electron chi connectivity index (χ4n) is 4.35. The van der Waals surface area contributed by atoms with Gasteiger partial charge >= 0.3 is 0 Å². The van der Waals surface area contributed by atoms with Gasteiger partial charge in [-0.3, -0.25) is 4.90 Å². The van der Waals surface area contributed by atoms with Gasteiger partial charge in [-0.1, -0.05) is 6.92 Å². The van der Waals surface area contributed by atoms with Crippen molar-refractivity contribution >= 4 is 27.4 Å². The highest BCUT2D eigenvalue weighted by Crippen LogP contribution is 2.41. The van der Waals surface area contributed by atoms with E-state index in [2.05, 4.69) is 16.7 Å². The van der Waals surface area contributed by atoms with E-state index in [1.165, 1.54) is 22.2 Å². The van der Waals surface area contributed by atoms with Crippen LogP contribution in [0.3, 0.4) is 0 Å². The zero-order valence-electron chi connectivity index (χ0n) is 18.5. The van der Waals surface area contributed by atoms with Gasteiger partial charge in [-0.05, 0) is 30.7 Å². The average molecular weight is 435 g/mol. The number of thiophene rings is 1. The van der Waals surface area contributed by atoms with Crippen molar-refractivity contribution in [1.82, 2.24) is 14.9 Å². The van der Waals surface area contributed by atoms with Crippen LogP contribution in [0.2, 0.25) is 0 Å². The van der Waals surface area contributed by atoms with Crippen LogP contribution in [-0.2, 0) is 33.6 Å². The minimum Gasteiger partial charge on any atom is -0.383 e. The van der Waals surface area contributed by atoms with Gasteiger partial charge in [0, 0.05) is 45.3 Å². The van der Waals surface area contributed by atoms with Gasteiger partial charge in [-0.25, -0.2) is 9.97 Å². The van der Waals surface area contributed by atoms with Crippen LogP contribution < -0.4 is 4.90 Å². The Kier molecular flexibility index (Phi) is 7.54. The Labute approximate surface area is 183 Å². The summed E-state index contributed by atoms with van der Waals surface area (Å²) in [7, 11) is 3.50. The molecule has 0 aromatic carbocycles. The molecule has 7 nitrogen and oxygen atoms in total. The minimum atomic E-state index is 0.664. The molecule has 1 aliphatic carbocycles. The van der Waals surface area contributed by atoms with Crippen LogP contribution in [0.4, 0.5) is 5.82 Å². The monoisotopic (exact) mass is 434 g/mol. The fourth-order valence-corrected chi connectivity index (χ4v) is 5.75. The lowest BCUT2D eigenvalue weighted by Crippen LogP contribution is -2.36. The lowest BCUT2D eigenvalue weighted by molar-refractivity contribution is 0.0331. The molecule has 0 spiro atoms. The molecular weight excluding hydrogens is 400 g/mol. The lowest BCUT2D eigenvalue weighted by atomic mass is 9.89. The number of ether oxygens (including phenoxy) is 3. The Morgan fingerprint density at radius 3 is 2.57 bits per heavy atom. The maximum atomic E-state index is 5.51. The molecule has 2 aromatic rings. The van der Waals surface area contributed by atoms with E-state index in [0.29, 0.717) is 13.2 Å². The first-order valence-corrected chi connectivity index (χ1v) is 11.8. The van der Waals surface area contributed by atoms with Crippen LogP contribution in [0.25, 0.3) is 10.2 Å². The maximum absolute atomic E-state index is 5.51. The number of morpholine rings is 1. The van der Waals surface area contributed by atoms with Crippen LogP contribution >= 0.6 is 11.3 Å². The molecule has 0 N–H and O–H groups in total. The summed E-state index contributed by atoms with van der Waals surface area (Å²) in [4.78, 5) is 17.5. The molecular formula is C22H34N4O3S. The summed E-state index contributed by atoms with van der Waals surface area (Å²) < 4.78 is 16.3. The van der Waals surface area contributed by atoms with E-state index < -0.39 is 0 Å². The van der Waals surface area contributed by atoms with Gasteiger partial charge < -0.3 is 19.1 Å². The quantitative estimate of drug-likeness (QED) is 0.601. The van der Waals surface area contributed by atoms with Crippen molar-refractivity contribution in [3.05, 3.63) is 16.3 Å². The molecule has 0 radical (unpaired) electrons. The van der Waals surface area contributed by atoms with E-state index in [1.807, 2.05) is 11.3 Å². The predicted molar refractivity (Wildman–Crippen MR) is 121 cm³/mol. The first-order chi connectivity index (χ1) is 14.7. The average Bonchev–Trinajstić information content (AvgIpc) is 3.11. The third-order valence-corrected chi connectivity index (χ3v) is 7.23. The molecule has 2 aliphatic rings. The molecule has 0 unspecified atom stereocenters. The third kappa shape index (κ3) is 4.94. The number of hydrogen-bond donors (Lipinski definition) is 0. The largest absolute Gasteiger partial charge is 0.383 e. The highest BCUT2D eigenvalue weighted by molar-refractivity contribution is 7.19. The van der Waals surface area contributed by atoms with Gasteiger partial charge in [0.2, 0.25) is 0 Å². The van der Waals surface area contributed by atoms with E-state index in [9.17, 15) is 0 Å². The van der Waals surface area contributed by atoms with Crippen molar-refractivity contribution in [2.75, 3.05) is 71.7 Å². The number of nitrogens with zero attached hydrogens (tertiary/aromatic N) is 4. The zero-order valence-corrected chi connectivity index (χ0v) is 19.3. The van der Waals surface area contributed by atoms with Crippen LogP contribution in [0.15, 0.2) is 0 Å². The summed E-state index contributed by atoms with van der Waals surface area (Å²) in [5, 5.41) is 1.26. The van der Waals surface area contributed by atoms with E-state index in [4.69, 9.17) is 24.2 Å². The zero-order chi connectivity index (χ0) is 20.9. The topological polar surface area (TPSA) is 60.0 Å². The molecule has 0 bridgehead atoms. The van der Waals surface area contributed by atoms with Crippen molar-refractivity contribution < 1.29 is 14.2 Å². The number of rotatable bonds is 9. The van der Waals surface area contributed by atoms with Crippen LogP contribution in [0, 0.1) is 5.92 Å². The Morgan fingerprint density at radius 2 is 1.87 bits per heavy atom. The summed E-state index contributed by atoms with van der Waals surface area (Å²) >= 11 is 1.88. The van der Waals surface area contributed by atoms with Crippen LogP contribution in [0.1, 0.15) is 29.6 Å². The smallest absolute Gasteiger partial charge is 0.146 e. The molecule has 8 heteroatoms. The molecule has 1 fully saturated rings. The number of hydrogen-bond acceptors (Lipinski definition) is 8. The summed E-state index contributed by atoms with van der Waals surface area (Å²) in [6, 6.07) is 0. The van der Waals surface area contributed by atoms with Crippen molar-refractivity contribution in [2.45, 2.75) is 32.7 Å². The van der Waals surface area contributed by atoms with E-state index >= 15 is 0 Å². The van der Waals surface area contributed by atoms with Gasteiger partial charge in [-0.2, -0.15) is 0 Å². The molecule has 0 amide bonds. The third-order valence-electron chi connectivity index (χ3n) is 6.08. The fraction of sp³-hybridized carbons (Fsp3) is 0.727. The molecule has 4 rings (SSSR count). The van der Waals surface area contributed by atoms with Gasteiger partial charge in [0.1, 0.15) is 16.5 Å². The van der Waals surface area contributed by atoms with Gasteiger partial charge in [0.15, 0.2) is 0 Å². The number of methoxy groups -OCH3 is 2. The highest BCUT2D eigenvalue weighted by Gasteiger charge is 2.26. The Morgan fingerprint density at radius 1 is 1.13 bits per heavy atom.